The highest BCUT2D eigenvalue weighted by Gasteiger charge is 2.35. The monoisotopic (exact) mass is 1700 g/mol. The van der Waals surface area contributed by atoms with Crippen LogP contribution in [-0.2, 0) is 13.1 Å². The fourth-order valence-corrected chi connectivity index (χ4v) is 15.4. The molecule has 0 spiro atoms. The summed E-state index contributed by atoms with van der Waals surface area (Å²) < 4.78 is 15.1. The van der Waals surface area contributed by atoms with Crippen molar-refractivity contribution in [2.24, 2.45) is 5.73 Å². The molecule has 0 saturated carbocycles. The third kappa shape index (κ3) is 17.6. The lowest BCUT2D eigenvalue weighted by molar-refractivity contribution is 0.0773. The van der Waals surface area contributed by atoms with Gasteiger partial charge in [0, 0.05) is 34.2 Å². The minimum atomic E-state index is -0.536. The summed E-state index contributed by atoms with van der Waals surface area (Å²) in [5.41, 5.74) is 15.1. The molecule has 0 fully saturated rings. The zero-order valence-electron chi connectivity index (χ0n) is 67.7. The summed E-state index contributed by atoms with van der Waals surface area (Å²) in [7, 11) is 8.44. The smallest absolute Gasteiger partial charge is 0.267 e. The lowest BCUT2D eigenvalue weighted by atomic mass is 10.1. The molecule has 17 rings (SSSR count). The standard InChI is InChI=1S/C32H30ClN7O3.C24H22ClN7O2.C17H16ClN3O.C15H15ClN4O2/c1-19-7-5-8-22(15-19)40-29(37-25-10-6-9-24(33)26(25)32(40)42)20(2)36-28-27-30(35-17-34-28)39(18-38(3)31(27)41)16-21-11-13-23(43-4)14-12-21;1-13-6-4-7-15(10-13)32-22(30-17-9-5-8-16(25)18(17)24(32)34)14(2)29-21-19-20(26-11-27-21)28-12-31(3)23(19)33;1-10-5-3-6-12(9-10)21-16(11(2)19)20-14-8-4-7-13(18)15(14)17(21)22;1-19-9-20(7-10-3-5-11(22-2)6-4-10)14-12(15(19)21)13(16)17-8-18-14/h5-15,17,20H,16,18H2,1-4H3,(H,34,35,36);4-11,14H,12H2,1-3H3,(H2,26,27,28,29);3-9,11H,19H2,1-2H3;3-6,8H,7,9H2,1-2H3/t20-;14-;11-;/m000./s1. The summed E-state index contributed by atoms with van der Waals surface area (Å²) in [4.78, 5) is 128. The van der Waals surface area contributed by atoms with Crippen molar-refractivity contribution < 1.29 is 23.9 Å². The van der Waals surface area contributed by atoms with E-state index in [2.05, 4.69) is 50.8 Å². The lowest BCUT2D eigenvalue weighted by Crippen LogP contribution is -2.45. The second-order valence-corrected chi connectivity index (χ2v) is 30.8. The number of methoxy groups -OCH3 is 2. The number of nitrogens with zero attached hydrogens (tertiary/aromatic N) is 17. The average molecular weight is 1700 g/mol. The van der Waals surface area contributed by atoms with E-state index in [4.69, 9.17) is 71.6 Å². The van der Waals surface area contributed by atoms with Gasteiger partial charge in [-0.15, -0.1) is 0 Å². The maximum atomic E-state index is 13.9. The molecular formula is C88H83Cl4N21O8. The van der Waals surface area contributed by atoms with Crippen LogP contribution in [0.1, 0.15) is 115 Å². The molecular weight excluding hydrogens is 1620 g/mol. The van der Waals surface area contributed by atoms with Gasteiger partial charge in [0.05, 0.1) is 117 Å². The van der Waals surface area contributed by atoms with E-state index >= 15 is 0 Å². The molecule has 616 valence electrons. The van der Waals surface area contributed by atoms with Gasteiger partial charge in [0.15, 0.2) is 0 Å². The van der Waals surface area contributed by atoms with Crippen molar-refractivity contribution in [3.8, 4) is 28.6 Å². The Balaban J connectivity index is 0.000000137. The van der Waals surface area contributed by atoms with Crippen LogP contribution in [-0.4, -0.2) is 146 Å². The molecule has 5 N–H and O–H groups in total. The fourth-order valence-electron chi connectivity index (χ4n) is 14.4. The largest absolute Gasteiger partial charge is 0.497 e. The van der Waals surface area contributed by atoms with Crippen LogP contribution in [0.15, 0.2) is 209 Å². The number of rotatable bonds is 16. The molecule has 0 aliphatic carbocycles. The number of aryl methyl sites for hydroxylation is 3. The quantitative estimate of drug-likeness (QED) is 0.0653. The van der Waals surface area contributed by atoms with Crippen LogP contribution in [0.3, 0.4) is 0 Å². The molecule has 3 amide bonds. The van der Waals surface area contributed by atoms with Gasteiger partial charge in [-0.3, -0.25) is 42.5 Å². The third-order valence-electron chi connectivity index (χ3n) is 20.3. The predicted molar refractivity (Wildman–Crippen MR) is 472 cm³/mol. The summed E-state index contributed by atoms with van der Waals surface area (Å²) >= 11 is 25.1. The zero-order valence-corrected chi connectivity index (χ0v) is 70.7. The molecule has 14 aromatic rings. The Labute approximate surface area is 715 Å². The molecule has 33 heteroatoms. The minimum Gasteiger partial charge on any atom is -0.497 e. The predicted octanol–water partition coefficient (Wildman–Crippen LogP) is 14.7. The van der Waals surface area contributed by atoms with E-state index in [-0.39, 0.29) is 45.6 Å². The Morgan fingerprint density at radius 1 is 0.438 bits per heavy atom. The van der Waals surface area contributed by atoms with Crippen molar-refractivity contribution in [1.29, 1.82) is 0 Å². The Morgan fingerprint density at radius 3 is 1.21 bits per heavy atom. The first-order valence-electron chi connectivity index (χ1n) is 38.3. The SMILES string of the molecule is COc1ccc(CN2CN(C)C(=O)c3c(Cl)ncnc32)cc1.COc1ccc(CN2CN(C)C(=O)c3c(N[C@@H](C)c4nc5cccc(Cl)c5c(=O)n4-c4cccc(C)c4)ncnc32)cc1.Cc1cccc(-n2c([C@H](C)N)nc3cccc(Cl)c3c2=O)c1.Cc1cccc(-n2c([C@H](C)Nc3ncnc4c3C(=O)N(C)CN4)nc3cccc(Cl)c3c2=O)c1. The number of ether oxygens (including phenoxy) is 2. The lowest BCUT2D eigenvalue weighted by Gasteiger charge is -2.36. The number of aromatic nitrogens is 12. The second-order valence-electron chi connectivity index (χ2n) is 29.2. The Hall–Kier alpha value is -13.5. The zero-order chi connectivity index (χ0) is 85.8. The van der Waals surface area contributed by atoms with Gasteiger partial charge in [-0.1, -0.05) is 125 Å². The highest BCUT2D eigenvalue weighted by molar-refractivity contribution is 6.36. The molecule has 3 aliphatic rings. The summed E-state index contributed by atoms with van der Waals surface area (Å²) in [5.74, 6) is 4.71. The number of benzene rings is 8. The van der Waals surface area contributed by atoms with Crippen LogP contribution in [0.2, 0.25) is 20.2 Å². The number of halogens is 4. The van der Waals surface area contributed by atoms with Crippen LogP contribution < -0.4 is 57.6 Å². The van der Waals surface area contributed by atoms with E-state index < -0.39 is 12.1 Å². The van der Waals surface area contributed by atoms with Gasteiger partial charge in [0.2, 0.25) is 0 Å². The molecule has 0 unspecified atom stereocenters. The van der Waals surface area contributed by atoms with Gasteiger partial charge < -0.3 is 55.7 Å². The van der Waals surface area contributed by atoms with Gasteiger partial charge >= 0.3 is 0 Å². The molecule has 3 aliphatic heterocycles. The summed E-state index contributed by atoms with van der Waals surface area (Å²) in [6, 6.07) is 52.7. The maximum absolute atomic E-state index is 13.9. The number of hydrogen-bond acceptors (Lipinski definition) is 23. The van der Waals surface area contributed by atoms with Gasteiger partial charge in [0.1, 0.15) is 98.9 Å². The Morgan fingerprint density at radius 2 is 0.802 bits per heavy atom. The van der Waals surface area contributed by atoms with Crippen LogP contribution in [0.5, 0.6) is 11.5 Å². The Bertz CT molecular complexity index is 6540. The van der Waals surface area contributed by atoms with Gasteiger partial charge in [0.25, 0.3) is 34.4 Å². The van der Waals surface area contributed by atoms with E-state index in [0.29, 0.717) is 155 Å². The van der Waals surface area contributed by atoms with E-state index in [1.54, 1.807) is 118 Å². The Kier molecular flexibility index (Phi) is 25.0. The van der Waals surface area contributed by atoms with Crippen molar-refractivity contribution in [3.05, 3.63) is 308 Å². The molecule has 0 bridgehead atoms. The van der Waals surface area contributed by atoms with Crippen molar-refractivity contribution in [3.63, 3.8) is 0 Å². The summed E-state index contributed by atoms with van der Waals surface area (Å²) in [6.45, 7) is 13.8. The number of amides is 3. The molecule has 0 saturated heterocycles. The topological polar surface area (TPSA) is 330 Å². The number of nitrogens with two attached hydrogens (primary N) is 1. The number of fused-ring (bicyclic) bond motifs is 6. The number of anilines is 5. The van der Waals surface area contributed by atoms with Gasteiger partial charge in [-0.2, -0.15) is 0 Å². The number of hydrogen-bond donors (Lipinski definition) is 4. The van der Waals surface area contributed by atoms with E-state index in [1.165, 1.54) is 19.0 Å². The minimum absolute atomic E-state index is 0.161. The summed E-state index contributed by atoms with van der Waals surface area (Å²) in [5, 5.41) is 12.1. The first-order valence-corrected chi connectivity index (χ1v) is 39.8. The second kappa shape index (κ2) is 36.0. The maximum Gasteiger partial charge on any atom is 0.267 e. The molecule has 3 atom stereocenters. The number of carbonyl (C=O) groups is 3. The average Bonchev–Trinajstić information content (AvgIpc) is 0.762. The van der Waals surface area contributed by atoms with E-state index in [1.807, 2.05) is 173 Å². The van der Waals surface area contributed by atoms with Crippen LogP contribution >= 0.6 is 46.4 Å². The fraction of sp³-hybridized carbons (Fsp3) is 0.216. The molecule has 29 nitrogen and oxygen atoms in total. The highest BCUT2D eigenvalue weighted by atomic mass is 35.5. The van der Waals surface area contributed by atoms with E-state index in [0.717, 1.165) is 45.0 Å². The van der Waals surface area contributed by atoms with E-state index in [9.17, 15) is 28.8 Å². The first-order chi connectivity index (χ1) is 58.2. The van der Waals surface area contributed by atoms with Crippen molar-refractivity contribution >= 4 is 126 Å². The van der Waals surface area contributed by atoms with Crippen molar-refractivity contribution in [2.75, 3.05) is 81.1 Å². The molecule has 9 heterocycles. The highest BCUT2D eigenvalue weighted by Crippen LogP contribution is 2.36. The van der Waals surface area contributed by atoms with Crippen LogP contribution in [0.4, 0.5) is 29.1 Å². The van der Waals surface area contributed by atoms with Crippen LogP contribution in [0, 0.1) is 20.8 Å². The van der Waals surface area contributed by atoms with Gasteiger partial charge in [-0.25, -0.2) is 44.9 Å². The molecule has 6 aromatic heterocycles. The summed E-state index contributed by atoms with van der Waals surface area (Å²) in [6.07, 6.45) is 4.20. The molecule has 121 heavy (non-hydrogen) atoms. The van der Waals surface area contributed by atoms with Crippen molar-refractivity contribution in [1.82, 2.24) is 73.3 Å². The number of carbonyl (C=O) groups excluding carboxylic acids is 3. The third-order valence-corrected chi connectivity index (χ3v) is 21.6. The van der Waals surface area contributed by atoms with Crippen LogP contribution in [0.25, 0.3) is 49.8 Å². The first kappa shape index (κ1) is 84.0. The molecule has 8 aromatic carbocycles. The molecule has 0 radical (unpaired) electrons. The normalized spacial score (nSPS) is 13.6. The van der Waals surface area contributed by atoms with Crippen molar-refractivity contribution in [2.45, 2.75) is 72.8 Å². The van der Waals surface area contributed by atoms with Gasteiger partial charge in [-0.05, 0) is 166 Å². The number of nitrogens with one attached hydrogen (secondary N) is 3.